The smallest absolute Gasteiger partial charge is 0.349 e. The van der Waals surface area contributed by atoms with Gasteiger partial charge in [-0.2, -0.15) is 0 Å². The van der Waals surface area contributed by atoms with E-state index in [1.54, 1.807) is 27.0 Å². The molecule has 1 aliphatic heterocycles. The molecule has 5 rings (SSSR count). The third-order valence-electron chi connectivity index (χ3n) is 8.11. The van der Waals surface area contributed by atoms with E-state index in [2.05, 4.69) is 54.1 Å². The molecule has 3 aliphatic rings. The van der Waals surface area contributed by atoms with Crippen molar-refractivity contribution in [3.63, 3.8) is 0 Å². The fourth-order valence-corrected chi connectivity index (χ4v) is 5.77. The highest BCUT2D eigenvalue weighted by Gasteiger charge is 2.41. The number of hydrogen-bond acceptors (Lipinski definition) is 8. The summed E-state index contributed by atoms with van der Waals surface area (Å²) in [6, 6.07) is 6.28. The summed E-state index contributed by atoms with van der Waals surface area (Å²) in [5.41, 5.74) is 3.36. The number of hydrogen-bond donors (Lipinski definition) is 0. The third-order valence-corrected chi connectivity index (χ3v) is 8.11. The van der Waals surface area contributed by atoms with Crippen LogP contribution in [0.15, 0.2) is 53.3 Å². The number of fused-ring (bicyclic) bond motifs is 1. The molecule has 226 valence electrons. The number of esters is 1. The molecule has 2 heterocycles. The Morgan fingerprint density at radius 3 is 2.83 bits per heavy atom. The van der Waals surface area contributed by atoms with E-state index in [0.29, 0.717) is 31.5 Å². The summed E-state index contributed by atoms with van der Waals surface area (Å²) in [5.74, 6) is 3.15. The van der Waals surface area contributed by atoms with Crippen LogP contribution in [0, 0.1) is 18.8 Å². The molecule has 42 heavy (non-hydrogen) atoms. The van der Waals surface area contributed by atoms with E-state index in [1.807, 2.05) is 19.2 Å². The predicted octanol–water partition coefficient (Wildman–Crippen LogP) is 6.05. The second-order valence-corrected chi connectivity index (χ2v) is 12.2. The first-order valence-electron chi connectivity index (χ1n) is 15.2. The van der Waals surface area contributed by atoms with Gasteiger partial charge < -0.3 is 23.5 Å². The zero-order valence-corrected chi connectivity index (χ0v) is 25.9. The molecule has 0 bridgehead atoms. The van der Waals surface area contributed by atoms with Gasteiger partial charge in [0, 0.05) is 38.5 Å². The molecule has 3 atom stereocenters. The molecule has 1 fully saturated rings. The molecular weight excluding hydrogens is 530 g/mol. The molecule has 0 spiro atoms. The van der Waals surface area contributed by atoms with Crippen molar-refractivity contribution in [1.29, 1.82) is 0 Å². The maximum atomic E-state index is 12.5. The standard InChI is InChI=1S/C34H45N3O5/c1-7-10-26-17-24(13-14-31(26)42-34(4,5)33(38)39-8-2)19-37(21-27-20-36(6)15-16-40-27)22-30-23(3)41-32(35-30)28-12-9-11-25-18-29(25)28/h9,11-17,25,27,29H,7-8,10,18-22H2,1-6H3. The predicted molar refractivity (Wildman–Crippen MR) is 162 cm³/mol. The van der Waals surface area contributed by atoms with Crippen molar-refractivity contribution >= 4 is 11.5 Å². The number of rotatable bonds is 13. The number of aromatic nitrogens is 1. The van der Waals surface area contributed by atoms with Crippen molar-refractivity contribution in [1.82, 2.24) is 14.8 Å². The summed E-state index contributed by atoms with van der Waals surface area (Å²) in [7, 11) is 2.06. The van der Waals surface area contributed by atoms with E-state index >= 15 is 0 Å². The molecule has 0 N–H and O–H groups in total. The molecule has 2 aliphatic carbocycles. The maximum absolute atomic E-state index is 12.5. The Morgan fingerprint density at radius 2 is 2.07 bits per heavy atom. The summed E-state index contributed by atoms with van der Waals surface area (Å²) < 4.78 is 23.7. The quantitative estimate of drug-likeness (QED) is 0.267. The topological polar surface area (TPSA) is 77.3 Å². The van der Waals surface area contributed by atoms with Gasteiger partial charge in [-0.15, -0.1) is 0 Å². The molecule has 1 aromatic heterocycles. The van der Waals surface area contributed by atoms with Crippen molar-refractivity contribution in [3.05, 3.63) is 77.4 Å². The number of likely N-dealkylation sites (N-methyl/N-ethyl adjacent to an activating group) is 1. The molecule has 3 unspecified atom stereocenters. The van der Waals surface area contributed by atoms with Crippen LogP contribution in [0.2, 0.25) is 0 Å². The van der Waals surface area contributed by atoms with Gasteiger partial charge in [0.05, 0.1) is 25.1 Å². The molecule has 1 aromatic carbocycles. The number of ether oxygens (including phenoxy) is 3. The first-order valence-corrected chi connectivity index (χ1v) is 15.2. The van der Waals surface area contributed by atoms with Gasteiger partial charge >= 0.3 is 5.97 Å². The van der Waals surface area contributed by atoms with Gasteiger partial charge in [-0.05, 0) is 69.6 Å². The minimum absolute atomic E-state index is 0.0354. The lowest BCUT2D eigenvalue weighted by molar-refractivity contribution is -0.158. The molecule has 1 saturated carbocycles. The second kappa shape index (κ2) is 12.8. The monoisotopic (exact) mass is 575 g/mol. The Kier molecular flexibility index (Phi) is 9.11. The summed E-state index contributed by atoms with van der Waals surface area (Å²) >= 11 is 0. The van der Waals surface area contributed by atoms with Crippen molar-refractivity contribution in [3.8, 4) is 5.75 Å². The number of carbonyl (C=O) groups excluding carboxylic acids is 1. The fourth-order valence-electron chi connectivity index (χ4n) is 5.77. The molecule has 0 saturated heterocycles. The number of oxazole rings is 1. The van der Waals surface area contributed by atoms with E-state index < -0.39 is 5.60 Å². The summed E-state index contributed by atoms with van der Waals surface area (Å²) in [6.07, 6.45) is 13.3. The first kappa shape index (κ1) is 30.0. The van der Waals surface area contributed by atoms with Crippen molar-refractivity contribution in [2.75, 3.05) is 26.7 Å². The van der Waals surface area contributed by atoms with Crippen LogP contribution >= 0.6 is 0 Å². The zero-order valence-electron chi connectivity index (χ0n) is 25.9. The van der Waals surface area contributed by atoms with Crippen LogP contribution in [-0.4, -0.2) is 59.2 Å². The minimum Gasteiger partial charge on any atom is -0.493 e. The average molecular weight is 576 g/mol. The highest BCUT2D eigenvalue weighted by molar-refractivity contribution is 5.79. The van der Waals surface area contributed by atoms with E-state index in [9.17, 15) is 4.79 Å². The van der Waals surface area contributed by atoms with E-state index in [0.717, 1.165) is 54.6 Å². The molecule has 0 amide bonds. The average Bonchev–Trinajstić information content (AvgIpc) is 3.66. The lowest BCUT2D eigenvalue weighted by Gasteiger charge is -2.32. The molecular formula is C34H45N3O5. The van der Waals surface area contributed by atoms with E-state index in [1.165, 1.54) is 17.6 Å². The van der Waals surface area contributed by atoms with Gasteiger partial charge in [-0.3, -0.25) is 4.90 Å². The Morgan fingerprint density at radius 1 is 1.24 bits per heavy atom. The van der Waals surface area contributed by atoms with Crippen molar-refractivity contribution < 1.29 is 23.4 Å². The lowest BCUT2D eigenvalue weighted by Crippen LogP contribution is -2.40. The molecule has 8 nitrogen and oxygen atoms in total. The molecule has 0 radical (unpaired) electrons. The number of nitrogens with zero attached hydrogens (tertiary/aromatic N) is 3. The maximum Gasteiger partial charge on any atom is 0.349 e. The third kappa shape index (κ3) is 7.09. The van der Waals surface area contributed by atoms with Crippen LogP contribution in [0.4, 0.5) is 0 Å². The van der Waals surface area contributed by atoms with Gasteiger partial charge in [-0.25, -0.2) is 9.78 Å². The summed E-state index contributed by atoms with van der Waals surface area (Å²) in [4.78, 5) is 22.0. The SMILES string of the molecule is CCCc1cc(CN(Cc2nc(C3=CC=CC4CC34)oc2C)CC2CN(C)C=CO2)ccc1OC(C)(C)C(=O)OCC. The normalized spacial score (nSPS) is 21.2. The van der Waals surface area contributed by atoms with Crippen LogP contribution in [-0.2, 0) is 33.8 Å². The number of aryl methyl sites for hydroxylation is 2. The van der Waals surface area contributed by atoms with Crippen LogP contribution in [0.25, 0.3) is 5.57 Å². The number of allylic oxidation sites excluding steroid dienone is 4. The molecule has 8 heteroatoms. The fraction of sp³-hybridized carbons (Fsp3) is 0.529. The van der Waals surface area contributed by atoms with E-state index in [4.69, 9.17) is 23.6 Å². The zero-order chi connectivity index (χ0) is 29.9. The Balaban J connectivity index is 1.37. The minimum atomic E-state index is -1.07. The van der Waals surface area contributed by atoms with Gasteiger partial charge in [-0.1, -0.05) is 43.7 Å². The van der Waals surface area contributed by atoms with Gasteiger partial charge in [0.1, 0.15) is 17.6 Å². The first-order chi connectivity index (χ1) is 20.2. The Hall–Kier alpha value is -3.52. The second-order valence-electron chi connectivity index (χ2n) is 12.2. The van der Waals surface area contributed by atoms with Crippen LogP contribution in [0.3, 0.4) is 0 Å². The van der Waals surface area contributed by atoms with E-state index in [-0.39, 0.29) is 12.1 Å². The molecule has 2 aromatic rings. The number of carbonyl (C=O) groups is 1. The largest absolute Gasteiger partial charge is 0.493 e. The highest BCUT2D eigenvalue weighted by atomic mass is 16.6. The Labute approximate surface area is 250 Å². The van der Waals surface area contributed by atoms with Gasteiger partial charge in [0.25, 0.3) is 0 Å². The van der Waals surface area contributed by atoms with Crippen molar-refractivity contribution in [2.24, 2.45) is 11.8 Å². The Bertz CT molecular complexity index is 1360. The van der Waals surface area contributed by atoms with Crippen LogP contribution < -0.4 is 4.74 Å². The number of benzene rings is 1. The lowest BCUT2D eigenvalue weighted by atomic mass is 10.0. The van der Waals surface area contributed by atoms with Crippen LogP contribution in [0.1, 0.15) is 69.0 Å². The summed E-state index contributed by atoms with van der Waals surface area (Å²) in [6.45, 7) is 12.7. The van der Waals surface area contributed by atoms with Crippen LogP contribution in [0.5, 0.6) is 5.75 Å². The highest BCUT2D eigenvalue weighted by Crippen LogP contribution is 2.51. The van der Waals surface area contributed by atoms with Crippen molar-refractivity contribution in [2.45, 2.75) is 78.7 Å². The summed E-state index contributed by atoms with van der Waals surface area (Å²) in [5, 5.41) is 0. The van der Waals surface area contributed by atoms with Gasteiger partial charge in [0.2, 0.25) is 5.89 Å². The van der Waals surface area contributed by atoms with Gasteiger partial charge in [0.15, 0.2) is 5.60 Å².